The zero-order valence-electron chi connectivity index (χ0n) is 30.0. The van der Waals surface area contributed by atoms with Crippen LogP contribution in [-0.4, -0.2) is 35.4 Å². The molecule has 0 aliphatic heterocycles. The normalized spacial score (nSPS) is 15.0. The summed E-state index contributed by atoms with van der Waals surface area (Å²) < 4.78 is 10.7. The quantitative estimate of drug-likeness (QED) is 0.139. The lowest BCUT2D eigenvalue weighted by Gasteiger charge is -2.26. The van der Waals surface area contributed by atoms with Gasteiger partial charge in [0.05, 0.1) is 39.1 Å². The van der Waals surface area contributed by atoms with E-state index >= 15 is 0 Å². The molecule has 8 rings (SSSR count). The van der Waals surface area contributed by atoms with Crippen LogP contribution >= 0.6 is 0 Å². The number of aromatic amines is 2. The molecular weight excluding hydrogens is 624 g/mol. The summed E-state index contributed by atoms with van der Waals surface area (Å²) >= 11 is 0. The lowest BCUT2D eigenvalue weighted by atomic mass is 9.85. The largest absolute Gasteiger partial charge is 0.385 e. The predicted molar refractivity (Wildman–Crippen MR) is 201 cm³/mol. The summed E-state index contributed by atoms with van der Waals surface area (Å²) in [5, 5.41) is 19.4. The van der Waals surface area contributed by atoms with Crippen LogP contribution in [0, 0.1) is 27.7 Å². The maximum Gasteiger partial charge on any atom is 0.141 e. The van der Waals surface area contributed by atoms with Crippen LogP contribution in [0.1, 0.15) is 138 Å². The number of hydrogen-bond donors (Lipinski definition) is 3. The van der Waals surface area contributed by atoms with Crippen LogP contribution in [0.2, 0.25) is 0 Å². The van der Waals surface area contributed by atoms with E-state index in [1.165, 1.54) is 36.8 Å². The number of H-pyrrole nitrogens is 2. The number of allylic oxidation sites excluding steroid dienone is 2. The minimum absolute atomic E-state index is 0. The van der Waals surface area contributed by atoms with Crippen molar-refractivity contribution in [2.75, 3.05) is 0 Å². The third kappa shape index (κ3) is 6.32. The van der Waals surface area contributed by atoms with E-state index in [4.69, 9.17) is 19.0 Å². The molecule has 2 saturated carbocycles. The van der Waals surface area contributed by atoms with Gasteiger partial charge in [0.25, 0.3) is 0 Å². The number of aromatic nitrogens is 6. The summed E-state index contributed by atoms with van der Waals surface area (Å²) in [6.45, 7) is 16.2. The molecule has 9 nitrogen and oxygen atoms in total. The van der Waals surface area contributed by atoms with Gasteiger partial charge in [-0.1, -0.05) is 44.6 Å². The SMILES string of the molecule is C.C/C=C(\CC)c1cc(-c2c(C)noc2C)cc2[nH]c(C3CC3)nc12.CCC(O)(CC)c1cc(-c2c(C)noc2C)cc2[nH]c(C3CC3)nc12. The monoisotopic (exact) mass is 676 g/mol. The van der Waals surface area contributed by atoms with Crippen molar-refractivity contribution in [3.8, 4) is 22.3 Å². The number of nitrogens with one attached hydrogen (secondary N) is 2. The Balaban J connectivity index is 0.000000170. The highest BCUT2D eigenvalue weighted by molar-refractivity contribution is 5.94. The number of aliphatic hydroxyl groups is 1. The van der Waals surface area contributed by atoms with E-state index in [1.807, 2.05) is 41.5 Å². The molecule has 2 aliphatic carbocycles. The number of rotatable bonds is 9. The smallest absolute Gasteiger partial charge is 0.141 e. The van der Waals surface area contributed by atoms with Gasteiger partial charge < -0.3 is 24.1 Å². The molecule has 0 spiro atoms. The van der Waals surface area contributed by atoms with Gasteiger partial charge in [-0.15, -0.1) is 0 Å². The molecule has 0 saturated heterocycles. The first-order chi connectivity index (χ1) is 23.6. The zero-order valence-corrected chi connectivity index (χ0v) is 30.0. The minimum Gasteiger partial charge on any atom is -0.385 e. The molecule has 0 bridgehead atoms. The Labute approximate surface area is 295 Å². The van der Waals surface area contributed by atoms with Gasteiger partial charge in [-0.25, -0.2) is 9.97 Å². The predicted octanol–water partition coefficient (Wildman–Crippen LogP) is 10.9. The molecule has 3 N–H and O–H groups in total. The van der Waals surface area contributed by atoms with E-state index in [-0.39, 0.29) is 7.43 Å². The van der Waals surface area contributed by atoms with Crippen molar-refractivity contribution in [1.82, 2.24) is 30.2 Å². The summed E-state index contributed by atoms with van der Waals surface area (Å²) in [4.78, 5) is 16.8. The number of imidazole rings is 2. The number of benzene rings is 2. The molecule has 0 radical (unpaired) electrons. The molecule has 2 aliphatic rings. The van der Waals surface area contributed by atoms with Gasteiger partial charge in [0.1, 0.15) is 23.2 Å². The molecule has 6 aromatic rings. The van der Waals surface area contributed by atoms with Gasteiger partial charge in [-0.3, -0.25) is 0 Å². The number of fused-ring (bicyclic) bond motifs is 2. The first-order valence-corrected chi connectivity index (χ1v) is 17.9. The number of nitrogens with zero attached hydrogens (tertiary/aromatic N) is 4. The van der Waals surface area contributed by atoms with Gasteiger partial charge in [0.2, 0.25) is 0 Å². The van der Waals surface area contributed by atoms with Crippen LogP contribution < -0.4 is 0 Å². The molecule has 4 aromatic heterocycles. The van der Waals surface area contributed by atoms with E-state index in [0.717, 1.165) is 90.9 Å². The highest BCUT2D eigenvalue weighted by atomic mass is 16.5. The fourth-order valence-electron chi connectivity index (χ4n) is 7.23. The first-order valence-electron chi connectivity index (χ1n) is 17.9. The van der Waals surface area contributed by atoms with Gasteiger partial charge >= 0.3 is 0 Å². The molecule has 9 heteroatoms. The summed E-state index contributed by atoms with van der Waals surface area (Å²) in [5.74, 6) is 4.98. The lowest BCUT2D eigenvalue weighted by molar-refractivity contribution is 0.0297. The molecular formula is C41H52N6O3. The van der Waals surface area contributed by atoms with E-state index < -0.39 is 5.60 Å². The number of hydrogen-bond acceptors (Lipinski definition) is 7. The minimum atomic E-state index is -0.886. The third-order valence-corrected chi connectivity index (χ3v) is 10.5. The van der Waals surface area contributed by atoms with Crippen molar-refractivity contribution in [2.45, 2.75) is 125 Å². The van der Waals surface area contributed by atoms with Crippen molar-refractivity contribution >= 4 is 27.6 Å². The van der Waals surface area contributed by atoms with Crippen molar-refractivity contribution in [2.24, 2.45) is 0 Å². The Morgan fingerprint density at radius 3 is 1.68 bits per heavy atom. The van der Waals surface area contributed by atoms with Crippen molar-refractivity contribution in [1.29, 1.82) is 0 Å². The summed E-state index contributed by atoms with van der Waals surface area (Å²) in [6, 6.07) is 8.60. The van der Waals surface area contributed by atoms with Crippen molar-refractivity contribution < 1.29 is 14.2 Å². The summed E-state index contributed by atoms with van der Waals surface area (Å²) in [7, 11) is 0. The van der Waals surface area contributed by atoms with Gasteiger partial charge in [-0.05, 0) is 121 Å². The second kappa shape index (κ2) is 13.7. The zero-order chi connectivity index (χ0) is 34.6. The fourth-order valence-corrected chi connectivity index (χ4v) is 7.23. The molecule has 264 valence electrons. The van der Waals surface area contributed by atoms with E-state index in [1.54, 1.807) is 0 Å². The van der Waals surface area contributed by atoms with Crippen LogP contribution in [-0.2, 0) is 5.60 Å². The van der Waals surface area contributed by atoms with Crippen LogP contribution in [0.25, 0.3) is 49.9 Å². The van der Waals surface area contributed by atoms with Crippen molar-refractivity contribution in [3.63, 3.8) is 0 Å². The Hall–Kier alpha value is -4.50. The van der Waals surface area contributed by atoms with Crippen molar-refractivity contribution in [3.05, 3.63) is 76.0 Å². The maximum atomic E-state index is 11.2. The van der Waals surface area contributed by atoms with Gasteiger partial charge in [0.15, 0.2) is 0 Å². The second-order valence-electron chi connectivity index (χ2n) is 13.9. The summed E-state index contributed by atoms with van der Waals surface area (Å²) in [5.41, 5.74) is 12.7. The molecule has 4 heterocycles. The van der Waals surface area contributed by atoms with Crippen LogP contribution in [0.5, 0.6) is 0 Å². The van der Waals surface area contributed by atoms with E-state index in [0.29, 0.717) is 24.7 Å². The van der Waals surface area contributed by atoms with E-state index in [9.17, 15) is 5.11 Å². The van der Waals surface area contributed by atoms with Gasteiger partial charge in [-0.2, -0.15) is 0 Å². The third-order valence-electron chi connectivity index (χ3n) is 10.5. The van der Waals surface area contributed by atoms with Crippen LogP contribution in [0.4, 0.5) is 0 Å². The summed E-state index contributed by atoms with van der Waals surface area (Å²) in [6.07, 6.45) is 9.35. The lowest BCUT2D eigenvalue weighted by Crippen LogP contribution is -2.24. The molecule has 2 fully saturated rings. The molecule has 50 heavy (non-hydrogen) atoms. The second-order valence-corrected chi connectivity index (χ2v) is 13.9. The average molecular weight is 677 g/mol. The van der Waals surface area contributed by atoms with Crippen LogP contribution in [0.3, 0.4) is 0 Å². The molecule has 0 atom stereocenters. The fraction of sp³-hybridized carbons (Fsp3) is 0.463. The Bertz CT molecular complexity index is 2140. The topological polar surface area (TPSA) is 130 Å². The Morgan fingerprint density at radius 2 is 1.26 bits per heavy atom. The Kier molecular flexibility index (Phi) is 9.66. The first kappa shape index (κ1) is 35.3. The van der Waals surface area contributed by atoms with Gasteiger partial charge in [0, 0.05) is 34.1 Å². The molecule has 0 unspecified atom stereocenters. The standard InChI is InChI=1S/C20H25N3O2.C20H23N3O.CH4/c1-5-20(24,6-2)15-9-14(17-11(3)23-25-12(17)4)10-16-18(15)22-19(21-16)13-7-8-13;1-5-13(6-2)16-9-15(18-11(3)23-24-12(18)4)10-17-19(16)22-20(21-17)14-7-8-14;/h9-10,13,24H,5-8H2,1-4H3,(H,21,22);5,9-10,14H,6-8H2,1-4H3,(H,21,22);1H4/b;13-5+;. The Morgan fingerprint density at radius 1 is 0.780 bits per heavy atom. The van der Waals surface area contributed by atoms with Crippen LogP contribution in [0.15, 0.2) is 39.4 Å². The highest BCUT2D eigenvalue weighted by Crippen LogP contribution is 2.43. The van der Waals surface area contributed by atoms with E-state index in [2.05, 4.69) is 64.5 Å². The number of aryl methyl sites for hydroxylation is 4. The average Bonchev–Trinajstić information content (AvgIpc) is 3.99. The molecule has 0 amide bonds. The molecule has 2 aromatic carbocycles. The maximum absolute atomic E-state index is 11.2. The highest BCUT2D eigenvalue weighted by Gasteiger charge is 2.33.